The second-order valence-corrected chi connectivity index (χ2v) is 4.70. The van der Waals surface area contributed by atoms with Crippen LogP contribution in [0.2, 0.25) is 0 Å². The van der Waals surface area contributed by atoms with Crippen molar-refractivity contribution in [2.24, 2.45) is 0 Å². The summed E-state index contributed by atoms with van der Waals surface area (Å²) >= 11 is 0. The molecule has 0 aromatic heterocycles. The van der Waals surface area contributed by atoms with Crippen LogP contribution in [0.15, 0.2) is 24.3 Å². The van der Waals surface area contributed by atoms with Gasteiger partial charge in [0.15, 0.2) is 0 Å². The minimum absolute atomic E-state index is 0.118. The average molecular weight is 263 g/mol. The summed E-state index contributed by atoms with van der Waals surface area (Å²) in [7, 11) is 1.73. The number of benzene rings is 1. The summed E-state index contributed by atoms with van der Waals surface area (Å²) in [5, 5.41) is 8.80. The zero-order valence-electron chi connectivity index (χ0n) is 10.8. The highest BCUT2D eigenvalue weighted by Gasteiger charge is 2.20. The molecule has 0 bridgehead atoms. The van der Waals surface area contributed by atoms with Crippen LogP contribution in [0.5, 0.6) is 0 Å². The number of carboxylic acid groups (broad SMARTS) is 1. The molecule has 2 rings (SSSR count). The van der Waals surface area contributed by atoms with Gasteiger partial charge in [0.05, 0.1) is 11.7 Å². The van der Waals surface area contributed by atoms with Crippen LogP contribution >= 0.6 is 0 Å². The third-order valence-electron chi connectivity index (χ3n) is 3.23. The van der Waals surface area contributed by atoms with Crippen molar-refractivity contribution in [3.63, 3.8) is 0 Å². The Morgan fingerprint density at radius 3 is 2.47 bits per heavy atom. The minimum atomic E-state index is -0.994. The number of carbonyl (C=O) groups excluding carboxylic acids is 1. The fourth-order valence-corrected chi connectivity index (χ4v) is 2.15. The summed E-state index contributed by atoms with van der Waals surface area (Å²) in [6.07, 6.45) is 2.14. The highest BCUT2D eigenvalue weighted by Crippen LogP contribution is 2.14. The first kappa shape index (κ1) is 13.5. The molecule has 1 atom stereocenters. The summed E-state index contributed by atoms with van der Waals surface area (Å²) in [5.41, 5.74) is 0.670. The van der Waals surface area contributed by atoms with Crippen molar-refractivity contribution >= 4 is 11.9 Å². The first-order chi connectivity index (χ1) is 9.08. The molecule has 0 spiro atoms. The molecule has 1 aliphatic heterocycles. The van der Waals surface area contributed by atoms with Crippen LogP contribution in [0, 0.1) is 0 Å². The van der Waals surface area contributed by atoms with Gasteiger partial charge in [-0.1, -0.05) is 0 Å². The van der Waals surface area contributed by atoms with E-state index in [1.165, 1.54) is 24.3 Å². The van der Waals surface area contributed by atoms with Crippen LogP contribution in [0.25, 0.3) is 0 Å². The molecule has 1 heterocycles. The smallest absolute Gasteiger partial charge is 0.335 e. The Morgan fingerprint density at radius 1 is 1.32 bits per heavy atom. The zero-order valence-corrected chi connectivity index (χ0v) is 10.8. The molecular formula is C14H17NO4. The van der Waals surface area contributed by atoms with Gasteiger partial charge in [0.2, 0.25) is 0 Å². The number of ether oxygens (including phenoxy) is 1. The normalized spacial score (nSPS) is 18.3. The van der Waals surface area contributed by atoms with Crippen LogP contribution in [0.4, 0.5) is 0 Å². The molecule has 1 aromatic rings. The molecule has 0 saturated carbocycles. The number of hydrogen-bond acceptors (Lipinski definition) is 3. The second-order valence-electron chi connectivity index (χ2n) is 4.70. The Morgan fingerprint density at radius 2 is 1.95 bits per heavy atom. The lowest BCUT2D eigenvalue weighted by Crippen LogP contribution is -2.34. The number of nitrogens with zero attached hydrogens (tertiary/aromatic N) is 1. The SMILES string of the molecule is CN(CC1CCCO1)C(=O)c1ccc(C(=O)O)cc1. The molecule has 1 aliphatic rings. The first-order valence-electron chi connectivity index (χ1n) is 6.28. The van der Waals surface area contributed by atoms with Gasteiger partial charge in [0.1, 0.15) is 0 Å². The van der Waals surface area contributed by atoms with Crippen LogP contribution in [0.1, 0.15) is 33.6 Å². The van der Waals surface area contributed by atoms with E-state index in [-0.39, 0.29) is 17.6 Å². The van der Waals surface area contributed by atoms with E-state index in [9.17, 15) is 9.59 Å². The molecular weight excluding hydrogens is 246 g/mol. The van der Waals surface area contributed by atoms with E-state index in [1.807, 2.05) is 0 Å². The average Bonchev–Trinajstić information content (AvgIpc) is 2.90. The van der Waals surface area contributed by atoms with Gasteiger partial charge >= 0.3 is 5.97 Å². The Balaban J connectivity index is 1.99. The second kappa shape index (κ2) is 5.84. The van der Waals surface area contributed by atoms with Gasteiger partial charge in [0, 0.05) is 25.8 Å². The molecule has 1 fully saturated rings. The van der Waals surface area contributed by atoms with E-state index < -0.39 is 5.97 Å². The predicted molar refractivity (Wildman–Crippen MR) is 69.3 cm³/mol. The van der Waals surface area contributed by atoms with E-state index >= 15 is 0 Å². The van der Waals surface area contributed by atoms with Gasteiger partial charge in [-0.15, -0.1) is 0 Å². The lowest BCUT2D eigenvalue weighted by atomic mass is 10.1. The van der Waals surface area contributed by atoms with E-state index in [0.717, 1.165) is 19.4 Å². The molecule has 1 amide bonds. The molecule has 5 heteroatoms. The first-order valence-corrected chi connectivity index (χ1v) is 6.28. The van der Waals surface area contributed by atoms with Gasteiger partial charge < -0.3 is 14.7 Å². The molecule has 19 heavy (non-hydrogen) atoms. The lowest BCUT2D eigenvalue weighted by molar-refractivity contribution is 0.0586. The number of aromatic carboxylic acids is 1. The van der Waals surface area contributed by atoms with Gasteiger partial charge in [0.25, 0.3) is 5.91 Å². The molecule has 1 N–H and O–H groups in total. The number of carbonyl (C=O) groups is 2. The van der Waals surface area contributed by atoms with E-state index in [1.54, 1.807) is 11.9 Å². The Labute approximate surface area is 111 Å². The van der Waals surface area contributed by atoms with Crippen molar-refractivity contribution in [1.29, 1.82) is 0 Å². The minimum Gasteiger partial charge on any atom is -0.478 e. The predicted octanol–water partition coefficient (Wildman–Crippen LogP) is 1.64. The maximum absolute atomic E-state index is 12.1. The summed E-state index contributed by atoms with van der Waals surface area (Å²) in [6.45, 7) is 1.33. The van der Waals surface area contributed by atoms with Crippen LogP contribution in [-0.2, 0) is 4.74 Å². The number of rotatable bonds is 4. The van der Waals surface area contributed by atoms with Gasteiger partial charge in [-0.25, -0.2) is 4.79 Å². The quantitative estimate of drug-likeness (QED) is 0.896. The van der Waals surface area contributed by atoms with Gasteiger partial charge in [-0.2, -0.15) is 0 Å². The third-order valence-corrected chi connectivity index (χ3v) is 3.23. The van der Waals surface area contributed by atoms with Crippen molar-refractivity contribution in [3.8, 4) is 0 Å². The highest BCUT2D eigenvalue weighted by atomic mass is 16.5. The maximum Gasteiger partial charge on any atom is 0.335 e. The third kappa shape index (κ3) is 3.32. The summed E-state index contributed by atoms with van der Waals surface area (Å²) in [6, 6.07) is 5.96. The molecule has 102 valence electrons. The van der Waals surface area contributed by atoms with Crippen molar-refractivity contribution < 1.29 is 19.4 Å². The standard InChI is InChI=1S/C14H17NO4/c1-15(9-12-3-2-8-19-12)13(16)10-4-6-11(7-5-10)14(17)18/h4-7,12H,2-3,8-9H2,1H3,(H,17,18). The molecule has 1 aromatic carbocycles. The van der Waals surface area contributed by atoms with E-state index in [2.05, 4.69) is 0 Å². The summed E-state index contributed by atoms with van der Waals surface area (Å²) in [4.78, 5) is 24.5. The number of carboxylic acids is 1. The number of likely N-dealkylation sites (N-methyl/N-ethyl adjacent to an activating group) is 1. The van der Waals surface area contributed by atoms with Crippen molar-refractivity contribution in [1.82, 2.24) is 4.90 Å². The number of hydrogen-bond donors (Lipinski definition) is 1. The molecule has 5 nitrogen and oxygen atoms in total. The molecule has 1 unspecified atom stereocenters. The topological polar surface area (TPSA) is 66.8 Å². The monoisotopic (exact) mass is 263 g/mol. The van der Waals surface area contributed by atoms with Crippen molar-refractivity contribution in [2.75, 3.05) is 20.2 Å². The lowest BCUT2D eigenvalue weighted by Gasteiger charge is -2.20. The Bertz CT molecular complexity index is 463. The largest absolute Gasteiger partial charge is 0.478 e. The van der Waals surface area contributed by atoms with Gasteiger partial charge in [-0.05, 0) is 37.1 Å². The zero-order chi connectivity index (χ0) is 13.8. The van der Waals surface area contributed by atoms with Crippen molar-refractivity contribution in [3.05, 3.63) is 35.4 Å². The highest BCUT2D eigenvalue weighted by molar-refractivity contribution is 5.95. The summed E-state index contributed by atoms with van der Waals surface area (Å²) < 4.78 is 5.49. The fraction of sp³-hybridized carbons (Fsp3) is 0.429. The molecule has 1 saturated heterocycles. The van der Waals surface area contributed by atoms with Crippen molar-refractivity contribution in [2.45, 2.75) is 18.9 Å². The van der Waals surface area contributed by atoms with E-state index in [4.69, 9.17) is 9.84 Å². The fourth-order valence-electron chi connectivity index (χ4n) is 2.15. The van der Waals surface area contributed by atoms with E-state index in [0.29, 0.717) is 12.1 Å². The Hall–Kier alpha value is -1.88. The van der Waals surface area contributed by atoms with Crippen LogP contribution in [-0.4, -0.2) is 48.2 Å². The van der Waals surface area contributed by atoms with Gasteiger partial charge in [-0.3, -0.25) is 4.79 Å². The summed E-state index contributed by atoms with van der Waals surface area (Å²) in [5.74, 6) is -1.11. The van der Waals surface area contributed by atoms with Crippen LogP contribution < -0.4 is 0 Å². The van der Waals surface area contributed by atoms with Crippen LogP contribution in [0.3, 0.4) is 0 Å². The maximum atomic E-state index is 12.1. The number of amides is 1. The molecule has 0 aliphatic carbocycles. The Kier molecular flexibility index (Phi) is 4.16. The molecule has 0 radical (unpaired) electrons.